The van der Waals surface area contributed by atoms with Crippen molar-refractivity contribution < 1.29 is 14.7 Å². The zero-order valence-electron chi connectivity index (χ0n) is 16.3. The molecular weight excluding hydrogens is 326 g/mol. The molecule has 26 heavy (non-hydrogen) atoms. The van der Waals surface area contributed by atoms with Gasteiger partial charge in [0.25, 0.3) is 0 Å². The molecule has 0 heterocycles. The number of carboxylic acids is 1. The Morgan fingerprint density at radius 3 is 1.50 bits per heavy atom. The molecule has 0 aromatic rings. The number of aliphatic carboxylic acids is 1. The quantitative estimate of drug-likeness (QED) is 0.710. The number of hydrogen-bond donors (Lipinski definition) is 1. The molecule has 4 nitrogen and oxygen atoms in total. The summed E-state index contributed by atoms with van der Waals surface area (Å²) in [5.74, 6) is 0.532. The number of carbonyl (C=O) groups excluding carboxylic acids is 1. The highest BCUT2D eigenvalue weighted by atomic mass is 16.4. The third-order valence-corrected chi connectivity index (χ3v) is 7.12. The highest BCUT2D eigenvalue weighted by Crippen LogP contribution is 2.35. The number of rotatable bonds is 6. The lowest BCUT2D eigenvalue weighted by molar-refractivity contribution is -0.140. The SMILES string of the molecule is O=C(O)CC1CCC(CC(=O)N(C2CCCCC2)C2CCCCC2)CC1. The Bertz CT molecular complexity index is 440. The summed E-state index contributed by atoms with van der Waals surface area (Å²) in [6.45, 7) is 0. The standard InChI is InChI=1S/C22H37NO3/c24-21(15-17-11-13-18(14-12-17)16-22(25)26)23(19-7-3-1-4-8-19)20-9-5-2-6-10-20/h17-20H,1-16H2,(H,25,26). The van der Waals surface area contributed by atoms with Crippen LogP contribution in [0.1, 0.15) is 103 Å². The van der Waals surface area contributed by atoms with E-state index in [2.05, 4.69) is 4.90 Å². The summed E-state index contributed by atoms with van der Waals surface area (Å²) in [4.78, 5) is 26.6. The van der Waals surface area contributed by atoms with Gasteiger partial charge in [0, 0.05) is 24.9 Å². The molecule has 3 saturated carbocycles. The van der Waals surface area contributed by atoms with Crippen molar-refractivity contribution in [2.75, 3.05) is 0 Å². The van der Waals surface area contributed by atoms with E-state index < -0.39 is 5.97 Å². The number of hydrogen-bond acceptors (Lipinski definition) is 2. The molecule has 0 radical (unpaired) electrons. The van der Waals surface area contributed by atoms with Crippen molar-refractivity contribution in [1.29, 1.82) is 0 Å². The van der Waals surface area contributed by atoms with Gasteiger partial charge in [-0.25, -0.2) is 0 Å². The van der Waals surface area contributed by atoms with Crippen molar-refractivity contribution in [3.8, 4) is 0 Å². The van der Waals surface area contributed by atoms with Gasteiger partial charge in [-0.05, 0) is 63.2 Å². The number of carboxylic acid groups (broad SMARTS) is 1. The highest BCUT2D eigenvalue weighted by molar-refractivity contribution is 5.77. The third-order valence-electron chi connectivity index (χ3n) is 7.12. The van der Waals surface area contributed by atoms with Crippen molar-refractivity contribution >= 4 is 11.9 Å². The Morgan fingerprint density at radius 2 is 1.08 bits per heavy atom. The van der Waals surface area contributed by atoms with E-state index in [1.165, 1.54) is 64.2 Å². The van der Waals surface area contributed by atoms with Crippen molar-refractivity contribution in [2.45, 2.75) is 115 Å². The molecule has 3 aliphatic rings. The first-order chi connectivity index (χ1) is 12.6. The Morgan fingerprint density at radius 1 is 0.654 bits per heavy atom. The first-order valence-corrected chi connectivity index (χ1v) is 11.2. The normalized spacial score (nSPS) is 28.6. The fourth-order valence-corrected chi connectivity index (χ4v) is 5.66. The van der Waals surface area contributed by atoms with Crippen LogP contribution >= 0.6 is 0 Å². The Labute approximate surface area is 158 Å². The van der Waals surface area contributed by atoms with Crippen molar-refractivity contribution in [3.05, 3.63) is 0 Å². The van der Waals surface area contributed by atoms with Crippen LogP contribution in [0, 0.1) is 11.8 Å². The van der Waals surface area contributed by atoms with Crippen LogP contribution in [-0.2, 0) is 9.59 Å². The van der Waals surface area contributed by atoms with Gasteiger partial charge >= 0.3 is 5.97 Å². The van der Waals surface area contributed by atoms with Gasteiger partial charge in [0.05, 0.1) is 0 Å². The fraction of sp³-hybridized carbons (Fsp3) is 0.909. The monoisotopic (exact) mass is 363 g/mol. The molecule has 0 aromatic carbocycles. The van der Waals surface area contributed by atoms with E-state index in [0.717, 1.165) is 25.7 Å². The summed E-state index contributed by atoms with van der Waals surface area (Å²) >= 11 is 0. The minimum Gasteiger partial charge on any atom is -0.481 e. The van der Waals surface area contributed by atoms with Gasteiger partial charge in [0.15, 0.2) is 0 Å². The molecule has 0 atom stereocenters. The van der Waals surface area contributed by atoms with E-state index >= 15 is 0 Å². The minimum absolute atomic E-state index is 0.303. The maximum Gasteiger partial charge on any atom is 0.303 e. The van der Waals surface area contributed by atoms with Gasteiger partial charge in [0.2, 0.25) is 5.91 Å². The van der Waals surface area contributed by atoms with Crippen molar-refractivity contribution in [1.82, 2.24) is 4.90 Å². The Hall–Kier alpha value is -1.06. The topological polar surface area (TPSA) is 57.6 Å². The van der Waals surface area contributed by atoms with Crippen LogP contribution in [0.3, 0.4) is 0 Å². The largest absolute Gasteiger partial charge is 0.481 e. The van der Waals surface area contributed by atoms with E-state index in [9.17, 15) is 9.59 Å². The van der Waals surface area contributed by atoms with Gasteiger partial charge in [-0.3, -0.25) is 9.59 Å². The summed E-state index contributed by atoms with van der Waals surface area (Å²) in [6.07, 6.45) is 17.6. The second-order valence-corrected chi connectivity index (χ2v) is 9.07. The Kier molecular flexibility index (Phi) is 7.39. The van der Waals surface area contributed by atoms with Crippen molar-refractivity contribution in [2.24, 2.45) is 11.8 Å². The molecule has 148 valence electrons. The molecule has 0 aromatic heterocycles. The van der Waals surface area contributed by atoms with Gasteiger partial charge in [-0.15, -0.1) is 0 Å². The van der Waals surface area contributed by atoms with Crippen LogP contribution < -0.4 is 0 Å². The van der Waals surface area contributed by atoms with Crippen LogP contribution in [0.5, 0.6) is 0 Å². The van der Waals surface area contributed by atoms with Gasteiger partial charge in [-0.1, -0.05) is 38.5 Å². The van der Waals surface area contributed by atoms with Crippen LogP contribution in [0.4, 0.5) is 0 Å². The molecule has 0 saturated heterocycles. The molecule has 1 amide bonds. The molecule has 0 unspecified atom stereocenters. The van der Waals surface area contributed by atoms with E-state index in [1.807, 2.05) is 0 Å². The molecule has 0 aliphatic heterocycles. The summed E-state index contributed by atoms with van der Waals surface area (Å²) < 4.78 is 0. The average Bonchev–Trinajstić information content (AvgIpc) is 2.65. The predicted molar refractivity (Wildman–Crippen MR) is 103 cm³/mol. The lowest BCUT2D eigenvalue weighted by Gasteiger charge is -2.42. The first kappa shape index (κ1) is 19.7. The van der Waals surface area contributed by atoms with Crippen LogP contribution in [0.15, 0.2) is 0 Å². The average molecular weight is 364 g/mol. The molecule has 3 fully saturated rings. The second-order valence-electron chi connectivity index (χ2n) is 9.07. The lowest BCUT2D eigenvalue weighted by Crippen LogP contribution is -2.49. The van der Waals surface area contributed by atoms with Gasteiger partial charge in [-0.2, -0.15) is 0 Å². The molecule has 1 N–H and O–H groups in total. The number of amides is 1. The van der Waals surface area contributed by atoms with Crippen LogP contribution in [-0.4, -0.2) is 34.0 Å². The zero-order chi connectivity index (χ0) is 18.4. The summed E-state index contributed by atoms with van der Waals surface area (Å²) in [5, 5.41) is 8.98. The molecule has 4 heteroatoms. The van der Waals surface area contributed by atoms with Crippen LogP contribution in [0.2, 0.25) is 0 Å². The predicted octanol–water partition coefficient (Wildman–Crippen LogP) is 5.15. The summed E-state index contributed by atoms with van der Waals surface area (Å²) in [6, 6.07) is 0.977. The second kappa shape index (κ2) is 9.75. The molecular formula is C22H37NO3. The lowest BCUT2D eigenvalue weighted by atomic mass is 9.78. The summed E-state index contributed by atoms with van der Waals surface area (Å²) in [7, 11) is 0. The highest BCUT2D eigenvalue weighted by Gasteiger charge is 2.34. The van der Waals surface area contributed by atoms with Gasteiger partial charge < -0.3 is 10.0 Å². The molecule has 3 aliphatic carbocycles. The maximum absolute atomic E-state index is 13.3. The number of carbonyl (C=O) groups is 2. The maximum atomic E-state index is 13.3. The molecule has 0 spiro atoms. The third kappa shape index (κ3) is 5.47. The first-order valence-electron chi connectivity index (χ1n) is 11.2. The molecule has 0 bridgehead atoms. The fourth-order valence-electron chi connectivity index (χ4n) is 5.66. The van der Waals surface area contributed by atoms with E-state index in [0.29, 0.717) is 42.7 Å². The Balaban J connectivity index is 1.56. The van der Waals surface area contributed by atoms with Crippen LogP contribution in [0.25, 0.3) is 0 Å². The number of nitrogens with zero attached hydrogens (tertiary/aromatic N) is 1. The van der Waals surface area contributed by atoms with E-state index in [1.54, 1.807) is 0 Å². The summed E-state index contributed by atoms with van der Waals surface area (Å²) in [5.41, 5.74) is 0. The molecule has 3 rings (SSSR count). The van der Waals surface area contributed by atoms with E-state index in [4.69, 9.17) is 5.11 Å². The van der Waals surface area contributed by atoms with E-state index in [-0.39, 0.29) is 0 Å². The zero-order valence-corrected chi connectivity index (χ0v) is 16.3. The minimum atomic E-state index is -0.676. The van der Waals surface area contributed by atoms with Gasteiger partial charge in [0.1, 0.15) is 0 Å². The smallest absolute Gasteiger partial charge is 0.303 e. The van der Waals surface area contributed by atoms with Crippen molar-refractivity contribution in [3.63, 3.8) is 0 Å².